The van der Waals surface area contributed by atoms with Crippen LogP contribution in [-0.4, -0.2) is 31.1 Å². The van der Waals surface area contributed by atoms with Gasteiger partial charge in [-0.1, -0.05) is 60.7 Å². The van der Waals surface area contributed by atoms with Crippen LogP contribution in [0.5, 0.6) is 23.0 Å². The zero-order valence-corrected chi connectivity index (χ0v) is 16.8. The van der Waals surface area contributed by atoms with Crippen LogP contribution < -0.4 is 14.2 Å². The molecule has 0 aliphatic heterocycles. The number of Topliss-reactive ketones (excluding diaryl/α,β-unsaturated/α-hetero) is 1. The Kier molecular flexibility index (Phi) is 6.70. The van der Waals surface area contributed by atoms with Crippen molar-refractivity contribution in [1.29, 1.82) is 0 Å². The summed E-state index contributed by atoms with van der Waals surface area (Å²) in [6.45, 7) is 0. The predicted octanol–water partition coefficient (Wildman–Crippen LogP) is 3.98. The Morgan fingerprint density at radius 3 is 1.90 bits per heavy atom. The number of ether oxygens (including phenoxy) is 3. The zero-order valence-electron chi connectivity index (χ0n) is 16.8. The highest BCUT2D eigenvalue weighted by molar-refractivity contribution is 6.04. The Bertz CT molecular complexity index is 1030. The third kappa shape index (κ3) is 4.78. The fraction of sp³-hybridized carbons (Fsp3) is 0.167. The molecule has 3 aromatic carbocycles. The molecule has 0 amide bonds. The van der Waals surface area contributed by atoms with E-state index in [-0.39, 0.29) is 47.2 Å². The summed E-state index contributed by atoms with van der Waals surface area (Å²) in [5, 5.41) is 10.5. The van der Waals surface area contributed by atoms with Crippen LogP contribution in [0.2, 0.25) is 0 Å². The molecule has 0 saturated carbocycles. The van der Waals surface area contributed by atoms with Crippen molar-refractivity contribution in [2.24, 2.45) is 0 Å². The summed E-state index contributed by atoms with van der Waals surface area (Å²) in [6.07, 6.45) is 0.0792. The molecule has 0 atom stereocenters. The Hall–Kier alpha value is -3.80. The smallest absolute Gasteiger partial charge is 0.315 e. The minimum absolute atomic E-state index is 0.0291. The van der Waals surface area contributed by atoms with Crippen molar-refractivity contribution >= 4 is 11.8 Å². The van der Waals surface area contributed by atoms with E-state index in [1.54, 1.807) is 12.1 Å². The Morgan fingerprint density at radius 1 is 0.800 bits per heavy atom. The topological polar surface area (TPSA) is 82.1 Å². The second kappa shape index (κ2) is 9.60. The van der Waals surface area contributed by atoms with Crippen molar-refractivity contribution < 1.29 is 28.9 Å². The number of carbonyl (C=O) groups is 2. The molecule has 154 valence electrons. The van der Waals surface area contributed by atoms with Crippen molar-refractivity contribution in [3.05, 3.63) is 83.4 Å². The van der Waals surface area contributed by atoms with Crippen molar-refractivity contribution in [2.75, 3.05) is 14.2 Å². The van der Waals surface area contributed by atoms with Gasteiger partial charge >= 0.3 is 5.97 Å². The molecule has 0 aliphatic rings. The van der Waals surface area contributed by atoms with E-state index in [4.69, 9.17) is 14.2 Å². The van der Waals surface area contributed by atoms with Crippen LogP contribution in [0.15, 0.2) is 66.7 Å². The van der Waals surface area contributed by atoms with Crippen LogP contribution in [0.1, 0.15) is 21.5 Å². The third-order valence-electron chi connectivity index (χ3n) is 4.50. The molecule has 6 nitrogen and oxygen atoms in total. The second-order valence-electron chi connectivity index (χ2n) is 6.56. The molecule has 30 heavy (non-hydrogen) atoms. The summed E-state index contributed by atoms with van der Waals surface area (Å²) < 4.78 is 16.1. The van der Waals surface area contributed by atoms with Gasteiger partial charge in [0, 0.05) is 12.5 Å². The van der Waals surface area contributed by atoms with E-state index >= 15 is 0 Å². The minimum atomic E-state index is -0.551. The lowest BCUT2D eigenvalue weighted by atomic mass is 10.0. The van der Waals surface area contributed by atoms with E-state index in [1.807, 2.05) is 48.5 Å². The molecule has 0 spiro atoms. The SMILES string of the molecule is COc1cc(O)c(C(=O)Cc2ccccc2)c(OC)c1OC(=O)Cc1ccccc1. The fourth-order valence-corrected chi connectivity index (χ4v) is 3.10. The highest BCUT2D eigenvalue weighted by Crippen LogP contribution is 2.45. The molecule has 0 aromatic heterocycles. The Labute approximate surface area is 174 Å². The maximum Gasteiger partial charge on any atom is 0.315 e. The monoisotopic (exact) mass is 406 g/mol. The standard InChI is InChI=1S/C24H22O6/c1-28-20-15-19(26)22(18(25)13-16-9-5-3-6-10-16)24(29-2)23(20)30-21(27)14-17-11-7-4-8-12-17/h3-12,15,26H,13-14H2,1-2H3. The van der Waals surface area contributed by atoms with Crippen LogP contribution >= 0.6 is 0 Å². The molecule has 0 fully saturated rings. The number of rotatable bonds is 8. The summed E-state index contributed by atoms with van der Waals surface area (Å²) in [5.74, 6) is -1.25. The third-order valence-corrected chi connectivity index (χ3v) is 4.50. The molecule has 3 rings (SSSR count). The van der Waals surface area contributed by atoms with Gasteiger partial charge in [0.1, 0.15) is 11.3 Å². The lowest BCUT2D eigenvalue weighted by Gasteiger charge is -2.17. The molecule has 1 N–H and O–H groups in total. The Morgan fingerprint density at radius 2 is 1.37 bits per heavy atom. The van der Waals surface area contributed by atoms with E-state index < -0.39 is 5.97 Å². The highest BCUT2D eigenvalue weighted by Gasteiger charge is 2.27. The summed E-state index contributed by atoms with van der Waals surface area (Å²) in [4.78, 5) is 25.4. The van der Waals surface area contributed by atoms with E-state index in [0.717, 1.165) is 11.1 Å². The molecule has 0 heterocycles. The van der Waals surface area contributed by atoms with E-state index in [9.17, 15) is 14.7 Å². The first-order valence-corrected chi connectivity index (χ1v) is 9.33. The number of aromatic hydroxyl groups is 1. The van der Waals surface area contributed by atoms with Gasteiger partial charge in [-0.3, -0.25) is 9.59 Å². The number of carbonyl (C=O) groups excluding carboxylic acids is 2. The van der Waals surface area contributed by atoms with Crippen LogP contribution in [0.4, 0.5) is 0 Å². The van der Waals surface area contributed by atoms with Gasteiger partial charge in [0.15, 0.2) is 17.3 Å². The molecule has 3 aromatic rings. The summed E-state index contributed by atoms with van der Waals surface area (Å²) >= 11 is 0. The first kappa shape index (κ1) is 20.9. The van der Waals surface area contributed by atoms with E-state index in [2.05, 4.69) is 0 Å². The molecule has 0 saturated heterocycles. The number of hydrogen-bond acceptors (Lipinski definition) is 6. The van der Waals surface area contributed by atoms with Gasteiger partial charge in [-0.15, -0.1) is 0 Å². The molecule has 0 bridgehead atoms. The van der Waals surface area contributed by atoms with Gasteiger partial charge in [0.05, 0.1) is 20.6 Å². The quantitative estimate of drug-likeness (QED) is 0.346. The Balaban J connectivity index is 1.94. The summed E-state index contributed by atoms with van der Waals surface area (Å²) in [5.41, 5.74) is 1.49. The van der Waals surface area contributed by atoms with Crippen LogP contribution in [-0.2, 0) is 17.6 Å². The maximum absolute atomic E-state index is 12.9. The first-order valence-electron chi connectivity index (χ1n) is 9.33. The number of hydrogen-bond donors (Lipinski definition) is 1. The fourth-order valence-electron chi connectivity index (χ4n) is 3.10. The van der Waals surface area contributed by atoms with Crippen LogP contribution in [0, 0.1) is 0 Å². The summed E-state index contributed by atoms with van der Waals surface area (Å²) in [6, 6.07) is 19.5. The normalized spacial score (nSPS) is 10.3. The summed E-state index contributed by atoms with van der Waals surface area (Å²) in [7, 11) is 2.70. The predicted molar refractivity (Wildman–Crippen MR) is 111 cm³/mol. The average molecular weight is 406 g/mol. The van der Waals surface area contributed by atoms with Gasteiger partial charge in [0.2, 0.25) is 5.75 Å². The molecule has 6 heteroatoms. The molecule has 0 aliphatic carbocycles. The molecular weight excluding hydrogens is 384 g/mol. The molecular formula is C24H22O6. The zero-order chi connectivity index (χ0) is 21.5. The number of phenols is 1. The molecule has 0 radical (unpaired) electrons. The number of methoxy groups -OCH3 is 2. The number of benzene rings is 3. The van der Waals surface area contributed by atoms with E-state index in [0.29, 0.717) is 0 Å². The van der Waals surface area contributed by atoms with E-state index in [1.165, 1.54) is 20.3 Å². The molecule has 0 unspecified atom stereocenters. The number of ketones is 1. The van der Waals surface area contributed by atoms with Gasteiger partial charge in [0.25, 0.3) is 0 Å². The van der Waals surface area contributed by atoms with Crippen molar-refractivity contribution in [3.8, 4) is 23.0 Å². The number of phenolic OH excluding ortho intramolecular Hbond substituents is 1. The van der Waals surface area contributed by atoms with Gasteiger partial charge in [-0.25, -0.2) is 0 Å². The minimum Gasteiger partial charge on any atom is -0.507 e. The maximum atomic E-state index is 12.9. The highest BCUT2D eigenvalue weighted by atomic mass is 16.6. The van der Waals surface area contributed by atoms with Crippen molar-refractivity contribution in [1.82, 2.24) is 0 Å². The van der Waals surface area contributed by atoms with Crippen molar-refractivity contribution in [3.63, 3.8) is 0 Å². The lowest BCUT2D eigenvalue weighted by Crippen LogP contribution is -2.14. The van der Waals surface area contributed by atoms with Gasteiger partial charge in [-0.05, 0) is 11.1 Å². The first-order chi connectivity index (χ1) is 14.5. The largest absolute Gasteiger partial charge is 0.507 e. The van der Waals surface area contributed by atoms with Crippen LogP contribution in [0.25, 0.3) is 0 Å². The van der Waals surface area contributed by atoms with Gasteiger partial charge in [-0.2, -0.15) is 0 Å². The van der Waals surface area contributed by atoms with Gasteiger partial charge < -0.3 is 19.3 Å². The van der Waals surface area contributed by atoms with Crippen LogP contribution in [0.3, 0.4) is 0 Å². The second-order valence-corrected chi connectivity index (χ2v) is 6.56. The average Bonchev–Trinajstić information content (AvgIpc) is 2.75. The van der Waals surface area contributed by atoms with Crippen molar-refractivity contribution in [2.45, 2.75) is 12.8 Å². The lowest BCUT2D eigenvalue weighted by molar-refractivity contribution is -0.133. The number of esters is 1.